The van der Waals surface area contributed by atoms with Gasteiger partial charge in [-0.3, -0.25) is 4.79 Å². The molecule has 1 aliphatic rings. The van der Waals surface area contributed by atoms with Crippen molar-refractivity contribution in [2.75, 3.05) is 0 Å². The second-order valence-electron chi connectivity index (χ2n) is 5.42. The molecule has 0 saturated heterocycles. The minimum absolute atomic E-state index is 0.0832. The Kier molecular flexibility index (Phi) is 3.79. The molecule has 1 aromatic carbocycles. The number of aliphatic imine (C=N–C) groups is 1. The van der Waals surface area contributed by atoms with E-state index in [0.717, 1.165) is 6.42 Å². The first kappa shape index (κ1) is 13.6. The molecule has 0 heterocycles. The summed E-state index contributed by atoms with van der Waals surface area (Å²) < 4.78 is 0. The van der Waals surface area contributed by atoms with Crippen molar-refractivity contribution in [3.8, 4) is 0 Å². The Bertz CT molecular complexity index is 521. The average Bonchev–Trinajstić information content (AvgIpc) is 2.24. The lowest BCUT2D eigenvalue weighted by molar-refractivity contribution is -0.115. The number of nitrogens with zero attached hydrogens (tertiary/aromatic N) is 1. The van der Waals surface area contributed by atoms with Crippen molar-refractivity contribution in [3.05, 3.63) is 28.2 Å². The van der Waals surface area contributed by atoms with Crippen LogP contribution in [0.2, 0.25) is 10.0 Å². The van der Waals surface area contributed by atoms with Crippen molar-refractivity contribution >= 4 is 40.4 Å². The lowest BCUT2D eigenvalue weighted by Crippen LogP contribution is -2.30. The van der Waals surface area contributed by atoms with E-state index in [2.05, 4.69) is 18.8 Å². The number of ketones is 1. The third kappa shape index (κ3) is 3.12. The molecule has 0 bridgehead atoms. The molecule has 0 atom stereocenters. The summed E-state index contributed by atoms with van der Waals surface area (Å²) in [6, 6.07) is 5.11. The summed E-state index contributed by atoms with van der Waals surface area (Å²) in [4.78, 5) is 16.4. The second kappa shape index (κ2) is 5.02. The molecule has 2 rings (SSSR count). The van der Waals surface area contributed by atoms with E-state index in [1.165, 1.54) is 0 Å². The van der Waals surface area contributed by atoms with Crippen molar-refractivity contribution in [1.82, 2.24) is 0 Å². The zero-order valence-electron chi connectivity index (χ0n) is 10.5. The Hall–Kier alpha value is -0.860. The highest BCUT2D eigenvalue weighted by atomic mass is 35.5. The van der Waals surface area contributed by atoms with Crippen molar-refractivity contribution in [2.45, 2.75) is 33.1 Å². The van der Waals surface area contributed by atoms with Gasteiger partial charge in [-0.15, -0.1) is 0 Å². The van der Waals surface area contributed by atoms with E-state index < -0.39 is 0 Å². The number of benzene rings is 1. The van der Waals surface area contributed by atoms with Gasteiger partial charge in [0.05, 0.1) is 16.4 Å². The molecule has 0 N–H and O–H groups in total. The zero-order valence-corrected chi connectivity index (χ0v) is 12.0. The Morgan fingerprint density at radius 1 is 1.28 bits per heavy atom. The predicted octanol–water partition coefficient (Wildman–Crippen LogP) is 4.85. The minimum Gasteiger partial charge on any atom is -0.293 e. The number of hydrogen-bond acceptors (Lipinski definition) is 2. The SMILES string of the molecule is CC1(C)CCC(=Nc2ccc(Cl)cc2Cl)C(=O)C1. The molecule has 1 fully saturated rings. The zero-order chi connectivity index (χ0) is 13.3. The lowest BCUT2D eigenvalue weighted by Gasteiger charge is -2.28. The molecular formula is C14H15Cl2NO. The number of hydrogen-bond donors (Lipinski definition) is 0. The molecule has 2 nitrogen and oxygen atoms in total. The van der Waals surface area contributed by atoms with Gasteiger partial charge in [-0.05, 0) is 36.5 Å². The third-order valence-electron chi connectivity index (χ3n) is 3.16. The second-order valence-corrected chi connectivity index (χ2v) is 6.26. The fraction of sp³-hybridized carbons (Fsp3) is 0.429. The molecule has 4 heteroatoms. The van der Waals surface area contributed by atoms with E-state index in [0.29, 0.717) is 34.3 Å². The van der Waals surface area contributed by atoms with Gasteiger partial charge in [0.2, 0.25) is 0 Å². The van der Waals surface area contributed by atoms with Gasteiger partial charge in [-0.2, -0.15) is 0 Å². The molecule has 96 valence electrons. The van der Waals surface area contributed by atoms with E-state index in [1.807, 2.05) is 0 Å². The van der Waals surface area contributed by atoms with Crippen molar-refractivity contribution in [3.63, 3.8) is 0 Å². The van der Waals surface area contributed by atoms with Crippen molar-refractivity contribution in [2.24, 2.45) is 10.4 Å². The molecule has 0 amide bonds. The number of carbonyl (C=O) groups is 1. The molecule has 1 aromatic rings. The summed E-state index contributed by atoms with van der Waals surface area (Å²) in [6.07, 6.45) is 2.24. The van der Waals surface area contributed by atoms with Gasteiger partial charge in [0.1, 0.15) is 0 Å². The van der Waals surface area contributed by atoms with Crippen LogP contribution in [0.15, 0.2) is 23.2 Å². The van der Waals surface area contributed by atoms with Crippen molar-refractivity contribution < 1.29 is 4.79 Å². The fourth-order valence-electron chi connectivity index (χ4n) is 2.06. The summed E-state index contributed by atoms with van der Waals surface area (Å²) in [7, 11) is 0. The van der Waals surface area contributed by atoms with Crippen LogP contribution < -0.4 is 0 Å². The molecule has 1 aliphatic carbocycles. The van der Waals surface area contributed by atoms with Crippen LogP contribution in [-0.4, -0.2) is 11.5 Å². The third-order valence-corrected chi connectivity index (χ3v) is 3.70. The Morgan fingerprint density at radius 2 is 2.00 bits per heavy atom. The van der Waals surface area contributed by atoms with Crippen LogP contribution in [0.1, 0.15) is 33.1 Å². The van der Waals surface area contributed by atoms with E-state index in [4.69, 9.17) is 23.2 Å². The summed E-state index contributed by atoms with van der Waals surface area (Å²) >= 11 is 11.9. The first-order valence-electron chi connectivity index (χ1n) is 5.93. The topological polar surface area (TPSA) is 29.4 Å². The largest absolute Gasteiger partial charge is 0.293 e. The molecule has 0 radical (unpaired) electrons. The quantitative estimate of drug-likeness (QED) is 0.725. The van der Waals surface area contributed by atoms with Gasteiger partial charge in [-0.25, -0.2) is 4.99 Å². The summed E-state index contributed by atoms with van der Waals surface area (Å²) in [5, 5.41) is 1.05. The smallest absolute Gasteiger partial charge is 0.177 e. The molecule has 1 saturated carbocycles. The molecular weight excluding hydrogens is 269 g/mol. The van der Waals surface area contributed by atoms with E-state index >= 15 is 0 Å². The van der Waals surface area contributed by atoms with Gasteiger partial charge in [0.25, 0.3) is 0 Å². The van der Waals surface area contributed by atoms with Crippen LogP contribution in [0.3, 0.4) is 0 Å². The molecule has 0 aliphatic heterocycles. The normalized spacial score (nSPS) is 21.3. The molecule has 18 heavy (non-hydrogen) atoms. The number of halogens is 2. The fourth-order valence-corrected chi connectivity index (χ4v) is 2.51. The summed E-state index contributed by atoms with van der Waals surface area (Å²) in [6.45, 7) is 4.22. The predicted molar refractivity (Wildman–Crippen MR) is 76.2 cm³/mol. The van der Waals surface area contributed by atoms with Gasteiger partial charge in [0, 0.05) is 11.4 Å². The first-order chi connectivity index (χ1) is 8.37. The number of Topliss-reactive ketones (excluding diaryl/α,β-unsaturated/α-hetero) is 1. The standard InChI is InChI=1S/C14H15Cl2NO/c1-14(2)6-5-12(13(18)8-14)17-11-4-3-9(15)7-10(11)16/h3-4,7H,5-6,8H2,1-2H3. The van der Waals surface area contributed by atoms with Crippen LogP contribution in [0, 0.1) is 5.41 Å². The van der Waals surface area contributed by atoms with Gasteiger partial charge >= 0.3 is 0 Å². The van der Waals surface area contributed by atoms with E-state index in [1.54, 1.807) is 18.2 Å². The maximum atomic E-state index is 12.0. The van der Waals surface area contributed by atoms with Crippen LogP contribution in [-0.2, 0) is 4.79 Å². The number of carbonyl (C=O) groups excluding carboxylic acids is 1. The van der Waals surface area contributed by atoms with Crippen LogP contribution in [0.5, 0.6) is 0 Å². The van der Waals surface area contributed by atoms with Crippen LogP contribution in [0.4, 0.5) is 5.69 Å². The van der Waals surface area contributed by atoms with Gasteiger partial charge in [-0.1, -0.05) is 37.0 Å². The summed E-state index contributed by atoms with van der Waals surface area (Å²) in [5.41, 5.74) is 1.32. The van der Waals surface area contributed by atoms with Crippen LogP contribution in [0.25, 0.3) is 0 Å². The first-order valence-corrected chi connectivity index (χ1v) is 6.69. The number of rotatable bonds is 1. The highest BCUT2D eigenvalue weighted by Crippen LogP contribution is 2.34. The Labute approximate surface area is 117 Å². The van der Waals surface area contributed by atoms with E-state index in [-0.39, 0.29) is 11.2 Å². The monoisotopic (exact) mass is 283 g/mol. The average molecular weight is 284 g/mol. The van der Waals surface area contributed by atoms with Crippen molar-refractivity contribution in [1.29, 1.82) is 0 Å². The maximum absolute atomic E-state index is 12.0. The van der Waals surface area contributed by atoms with Crippen LogP contribution >= 0.6 is 23.2 Å². The molecule has 0 unspecified atom stereocenters. The highest BCUT2D eigenvalue weighted by molar-refractivity contribution is 6.42. The van der Waals surface area contributed by atoms with E-state index in [9.17, 15) is 4.79 Å². The summed E-state index contributed by atoms with van der Waals surface area (Å²) in [5.74, 6) is 0.122. The van der Waals surface area contributed by atoms with Gasteiger partial charge in [0.15, 0.2) is 5.78 Å². The lowest BCUT2D eigenvalue weighted by atomic mass is 9.76. The Morgan fingerprint density at radius 3 is 2.61 bits per heavy atom. The molecule has 0 aromatic heterocycles. The maximum Gasteiger partial charge on any atom is 0.177 e. The minimum atomic E-state index is 0.0832. The Balaban J connectivity index is 2.26. The highest BCUT2D eigenvalue weighted by Gasteiger charge is 2.30. The molecule has 0 spiro atoms. The van der Waals surface area contributed by atoms with Gasteiger partial charge < -0.3 is 0 Å².